The van der Waals surface area contributed by atoms with Gasteiger partial charge in [0.25, 0.3) is 0 Å². The molecule has 116 valence electrons. The summed E-state index contributed by atoms with van der Waals surface area (Å²) in [5.41, 5.74) is 5.10. The van der Waals surface area contributed by atoms with Gasteiger partial charge >= 0.3 is 0 Å². The van der Waals surface area contributed by atoms with Gasteiger partial charge in [0, 0.05) is 24.5 Å². The van der Waals surface area contributed by atoms with Crippen LogP contribution >= 0.6 is 15.9 Å². The zero-order valence-corrected chi connectivity index (χ0v) is 14.6. The van der Waals surface area contributed by atoms with Crippen LogP contribution in [0.5, 0.6) is 0 Å². The third-order valence-corrected chi connectivity index (χ3v) is 4.56. The van der Waals surface area contributed by atoms with Crippen molar-refractivity contribution in [2.75, 3.05) is 0 Å². The molecule has 3 heterocycles. The lowest BCUT2D eigenvalue weighted by atomic mass is 10.3. The van der Waals surface area contributed by atoms with Crippen molar-refractivity contribution < 1.29 is 0 Å². The van der Waals surface area contributed by atoms with Crippen molar-refractivity contribution in [3.63, 3.8) is 0 Å². The molecule has 0 spiro atoms. The second-order valence-corrected chi connectivity index (χ2v) is 6.39. The van der Waals surface area contributed by atoms with E-state index in [1.807, 2.05) is 36.0 Å². The summed E-state index contributed by atoms with van der Waals surface area (Å²) in [4.78, 5) is 0. The summed E-state index contributed by atoms with van der Waals surface area (Å²) in [6.07, 6.45) is 0. The van der Waals surface area contributed by atoms with Crippen LogP contribution in [0.4, 0.5) is 0 Å². The average molecular weight is 371 g/mol. The first-order chi connectivity index (χ1) is 11.0. The predicted octanol–water partition coefficient (Wildman–Crippen LogP) is 3.32. The fraction of sp³-hybridized carbons (Fsp3) is 0.188. The smallest absolute Gasteiger partial charge is 0.160 e. The van der Waals surface area contributed by atoms with Gasteiger partial charge in [0.15, 0.2) is 5.82 Å². The van der Waals surface area contributed by atoms with Gasteiger partial charge in [0.05, 0.1) is 11.2 Å². The minimum Gasteiger partial charge on any atom is -0.302 e. The van der Waals surface area contributed by atoms with Crippen LogP contribution in [0.3, 0.4) is 0 Å². The van der Waals surface area contributed by atoms with Crippen molar-refractivity contribution in [2.24, 2.45) is 7.05 Å². The minimum atomic E-state index is 0.849. The van der Waals surface area contributed by atoms with Crippen LogP contribution in [0.1, 0.15) is 11.4 Å². The third-order valence-electron chi connectivity index (χ3n) is 3.99. The van der Waals surface area contributed by atoms with E-state index in [0.717, 1.165) is 38.5 Å². The van der Waals surface area contributed by atoms with Crippen LogP contribution in [0.15, 0.2) is 41.0 Å². The molecule has 0 saturated carbocycles. The normalized spacial score (nSPS) is 11.5. The van der Waals surface area contributed by atoms with Crippen molar-refractivity contribution in [3.05, 3.63) is 52.4 Å². The van der Waals surface area contributed by atoms with Gasteiger partial charge in [0.2, 0.25) is 0 Å². The Hall–Kier alpha value is -2.41. The first-order valence-electron chi connectivity index (χ1n) is 7.25. The van der Waals surface area contributed by atoms with Crippen molar-refractivity contribution in [3.8, 4) is 11.5 Å². The molecular formula is C16H15BrN6. The highest BCUT2D eigenvalue weighted by Gasteiger charge is 2.13. The van der Waals surface area contributed by atoms with E-state index in [1.54, 1.807) is 4.68 Å². The number of benzene rings is 1. The molecule has 6 nitrogen and oxygen atoms in total. The molecule has 4 aromatic rings. The number of aryl methyl sites for hydroxylation is 3. The van der Waals surface area contributed by atoms with Gasteiger partial charge in [-0.15, -0.1) is 10.2 Å². The maximum Gasteiger partial charge on any atom is 0.160 e. The number of halogens is 1. The third kappa shape index (κ3) is 2.19. The molecule has 0 amide bonds. The monoisotopic (exact) mass is 370 g/mol. The second-order valence-electron chi connectivity index (χ2n) is 5.57. The van der Waals surface area contributed by atoms with Gasteiger partial charge in [-0.05, 0) is 60.1 Å². The molecule has 7 heteroatoms. The van der Waals surface area contributed by atoms with Gasteiger partial charge in [-0.1, -0.05) is 5.21 Å². The molecule has 0 fully saturated rings. The van der Waals surface area contributed by atoms with Crippen molar-refractivity contribution in [2.45, 2.75) is 13.8 Å². The Kier molecular flexibility index (Phi) is 3.12. The summed E-state index contributed by atoms with van der Waals surface area (Å²) in [6.45, 7) is 4.15. The lowest BCUT2D eigenvalue weighted by Gasteiger charge is -2.05. The molecule has 0 N–H and O–H groups in total. The summed E-state index contributed by atoms with van der Waals surface area (Å²) >= 11 is 3.60. The zero-order chi connectivity index (χ0) is 16.1. The van der Waals surface area contributed by atoms with E-state index >= 15 is 0 Å². The first-order valence-corrected chi connectivity index (χ1v) is 8.04. The highest BCUT2D eigenvalue weighted by molar-refractivity contribution is 9.10. The van der Waals surface area contributed by atoms with E-state index < -0.39 is 0 Å². The van der Waals surface area contributed by atoms with E-state index in [4.69, 9.17) is 5.10 Å². The van der Waals surface area contributed by atoms with Gasteiger partial charge in [-0.3, -0.25) is 0 Å². The molecule has 0 aliphatic heterocycles. The molecule has 0 aliphatic carbocycles. The summed E-state index contributed by atoms with van der Waals surface area (Å²) in [5, 5.41) is 12.9. The number of hydrogen-bond acceptors (Lipinski definition) is 3. The summed E-state index contributed by atoms with van der Waals surface area (Å²) in [5.74, 6) is 0.885. The largest absolute Gasteiger partial charge is 0.302 e. The van der Waals surface area contributed by atoms with E-state index in [-0.39, 0.29) is 0 Å². The van der Waals surface area contributed by atoms with E-state index in [1.165, 1.54) is 0 Å². The maximum absolute atomic E-state index is 4.74. The molecule has 0 saturated heterocycles. The Morgan fingerprint density at radius 2 is 1.74 bits per heavy atom. The maximum atomic E-state index is 4.74. The highest BCUT2D eigenvalue weighted by atomic mass is 79.9. The van der Waals surface area contributed by atoms with E-state index in [9.17, 15) is 0 Å². The molecule has 23 heavy (non-hydrogen) atoms. The number of hydrogen-bond donors (Lipinski definition) is 0. The van der Waals surface area contributed by atoms with Gasteiger partial charge in [-0.2, -0.15) is 0 Å². The Morgan fingerprint density at radius 1 is 1.00 bits per heavy atom. The number of nitrogens with zero attached hydrogens (tertiary/aromatic N) is 6. The Labute approximate surface area is 141 Å². The molecule has 3 aromatic heterocycles. The van der Waals surface area contributed by atoms with Crippen LogP contribution in [-0.4, -0.2) is 29.3 Å². The SMILES string of the molecule is Cc1ccc(C)n1-c1cc(Br)n(-c2ccc3c(c2)nnn3C)n1. The lowest BCUT2D eigenvalue weighted by molar-refractivity contribution is 0.736. The topological polar surface area (TPSA) is 53.5 Å². The van der Waals surface area contributed by atoms with Crippen LogP contribution < -0.4 is 0 Å². The summed E-state index contributed by atoms with van der Waals surface area (Å²) < 4.78 is 6.64. The van der Waals surface area contributed by atoms with Crippen molar-refractivity contribution >= 4 is 27.0 Å². The Balaban J connectivity index is 1.85. The van der Waals surface area contributed by atoms with Crippen LogP contribution in [0, 0.1) is 13.8 Å². The quantitative estimate of drug-likeness (QED) is 0.543. The van der Waals surface area contributed by atoms with Gasteiger partial charge < -0.3 is 4.57 Å². The van der Waals surface area contributed by atoms with Crippen molar-refractivity contribution in [1.82, 2.24) is 29.3 Å². The van der Waals surface area contributed by atoms with E-state index in [2.05, 4.69) is 56.8 Å². The lowest BCUT2D eigenvalue weighted by Crippen LogP contribution is -2.02. The number of aromatic nitrogens is 6. The Bertz CT molecular complexity index is 1000. The molecule has 0 bridgehead atoms. The predicted molar refractivity (Wildman–Crippen MR) is 92.1 cm³/mol. The molecule has 0 atom stereocenters. The van der Waals surface area contributed by atoms with Crippen LogP contribution in [0.25, 0.3) is 22.5 Å². The highest BCUT2D eigenvalue weighted by Crippen LogP contribution is 2.24. The van der Waals surface area contributed by atoms with Gasteiger partial charge in [0.1, 0.15) is 10.1 Å². The molecule has 4 rings (SSSR count). The zero-order valence-electron chi connectivity index (χ0n) is 13.0. The van der Waals surface area contributed by atoms with Crippen LogP contribution in [-0.2, 0) is 7.05 Å². The molecule has 1 aromatic carbocycles. The molecule has 0 radical (unpaired) electrons. The Morgan fingerprint density at radius 3 is 2.48 bits per heavy atom. The standard InChI is InChI=1S/C16H15BrN6/c1-10-4-5-11(2)22(10)16-9-15(17)23(19-16)12-6-7-14-13(8-12)18-20-21(14)3/h4-9H,1-3H3. The number of fused-ring (bicyclic) bond motifs is 1. The molecular weight excluding hydrogens is 356 g/mol. The average Bonchev–Trinajstić information content (AvgIpc) is 3.18. The molecule has 0 unspecified atom stereocenters. The number of rotatable bonds is 2. The van der Waals surface area contributed by atoms with Gasteiger partial charge in [-0.25, -0.2) is 9.36 Å². The summed E-state index contributed by atoms with van der Waals surface area (Å²) in [7, 11) is 1.88. The fourth-order valence-electron chi connectivity index (χ4n) is 2.83. The van der Waals surface area contributed by atoms with Crippen molar-refractivity contribution in [1.29, 1.82) is 0 Å². The summed E-state index contributed by atoms with van der Waals surface area (Å²) in [6, 6.07) is 12.2. The first kappa shape index (κ1) is 14.2. The fourth-order valence-corrected chi connectivity index (χ4v) is 3.32. The minimum absolute atomic E-state index is 0.849. The van der Waals surface area contributed by atoms with Crippen LogP contribution in [0.2, 0.25) is 0 Å². The van der Waals surface area contributed by atoms with E-state index in [0.29, 0.717) is 0 Å². The second kappa shape index (κ2) is 5.06. The molecule has 0 aliphatic rings.